The first kappa shape index (κ1) is 14.2. The van der Waals surface area contributed by atoms with E-state index in [1.54, 1.807) is 19.2 Å². The van der Waals surface area contributed by atoms with Gasteiger partial charge in [-0.25, -0.2) is 4.98 Å². The van der Waals surface area contributed by atoms with Crippen LogP contribution >= 0.6 is 0 Å². The Morgan fingerprint density at radius 1 is 1.45 bits per heavy atom. The lowest BCUT2D eigenvalue weighted by Gasteiger charge is -2.10. The van der Waals surface area contributed by atoms with E-state index in [1.807, 2.05) is 23.8 Å². The molecule has 0 fully saturated rings. The number of nitro benzene ring substituents is 1. The normalized spacial score (nSPS) is 10.7. The lowest BCUT2D eigenvalue weighted by molar-refractivity contribution is -0.385. The highest BCUT2D eigenvalue weighted by atomic mass is 16.6. The van der Waals surface area contributed by atoms with Crippen LogP contribution in [0.15, 0.2) is 30.6 Å². The van der Waals surface area contributed by atoms with Crippen LogP contribution in [0.4, 0.5) is 5.69 Å². The smallest absolute Gasteiger partial charge is 0.272 e. The van der Waals surface area contributed by atoms with Crippen molar-refractivity contribution in [3.8, 4) is 0 Å². The topological polar surface area (TPSA) is 73.0 Å². The Bertz CT molecular complexity index is 607. The predicted octanol–water partition coefficient (Wildman–Crippen LogP) is 2.26. The average Bonchev–Trinajstić information content (AvgIpc) is 2.85. The van der Waals surface area contributed by atoms with Gasteiger partial charge in [-0.1, -0.05) is 19.1 Å². The molecule has 0 aliphatic rings. The third kappa shape index (κ3) is 3.03. The lowest BCUT2D eigenvalue weighted by atomic mass is 10.1. The first-order valence-corrected chi connectivity index (χ1v) is 6.57. The number of rotatable bonds is 6. The number of nitrogens with zero attached hydrogens (tertiary/aromatic N) is 3. The summed E-state index contributed by atoms with van der Waals surface area (Å²) in [6, 6.07) is 5.17. The largest absolute Gasteiger partial charge is 0.329 e. The highest BCUT2D eigenvalue weighted by Crippen LogP contribution is 2.22. The van der Waals surface area contributed by atoms with Crippen molar-refractivity contribution in [2.24, 2.45) is 0 Å². The molecular formula is C14H18N4O2. The van der Waals surface area contributed by atoms with E-state index in [0.29, 0.717) is 18.7 Å². The van der Waals surface area contributed by atoms with Gasteiger partial charge in [0.05, 0.1) is 11.5 Å². The zero-order chi connectivity index (χ0) is 14.5. The first-order chi connectivity index (χ1) is 9.63. The maximum atomic E-state index is 11.0. The van der Waals surface area contributed by atoms with Crippen molar-refractivity contribution in [2.75, 3.05) is 6.54 Å². The Morgan fingerprint density at radius 3 is 2.95 bits per heavy atom. The Labute approximate surface area is 117 Å². The fourth-order valence-electron chi connectivity index (χ4n) is 2.11. The van der Waals surface area contributed by atoms with Gasteiger partial charge >= 0.3 is 0 Å². The third-order valence-electron chi connectivity index (χ3n) is 3.29. The van der Waals surface area contributed by atoms with Crippen molar-refractivity contribution < 1.29 is 4.92 Å². The summed E-state index contributed by atoms with van der Waals surface area (Å²) in [7, 11) is 0. The molecule has 1 N–H and O–H groups in total. The number of aromatic nitrogens is 2. The summed E-state index contributed by atoms with van der Waals surface area (Å²) in [6.45, 7) is 5.99. The maximum Gasteiger partial charge on any atom is 0.272 e. The SMILES string of the molecule is CCNCc1nccn1Cc1cccc([N+](=O)[O-])c1C. The molecule has 0 amide bonds. The zero-order valence-corrected chi connectivity index (χ0v) is 11.7. The summed E-state index contributed by atoms with van der Waals surface area (Å²) in [5.74, 6) is 0.928. The number of hydrogen-bond donors (Lipinski definition) is 1. The highest BCUT2D eigenvalue weighted by molar-refractivity contribution is 5.44. The number of nitrogens with one attached hydrogen (secondary N) is 1. The lowest BCUT2D eigenvalue weighted by Crippen LogP contribution is -2.16. The van der Waals surface area contributed by atoms with E-state index in [4.69, 9.17) is 0 Å². The van der Waals surface area contributed by atoms with Gasteiger partial charge in [-0.15, -0.1) is 0 Å². The summed E-state index contributed by atoms with van der Waals surface area (Å²) >= 11 is 0. The number of imidazole rings is 1. The number of nitro groups is 1. The molecule has 0 radical (unpaired) electrons. The van der Waals surface area contributed by atoms with Crippen LogP contribution in [0, 0.1) is 17.0 Å². The predicted molar refractivity (Wildman–Crippen MR) is 76.5 cm³/mol. The van der Waals surface area contributed by atoms with Crippen LogP contribution in [-0.2, 0) is 13.1 Å². The minimum Gasteiger partial charge on any atom is -0.329 e. The van der Waals surface area contributed by atoms with Gasteiger partial charge in [0.15, 0.2) is 0 Å². The van der Waals surface area contributed by atoms with E-state index in [1.165, 1.54) is 6.07 Å². The molecule has 0 saturated carbocycles. The Balaban J connectivity index is 2.24. The average molecular weight is 274 g/mol. The molecule has 2 aromatic rings. The van der Waals surface area contributed by atoms with Crippen molar-refractivity contribution in [1.82, 2.24) is 14.9 Å². The van der Waals surface area contributed by atoms with Gasteiger partial charge in [-0.2, -0.15) is 0 Å². The number of benzene rings is 1. The van der Waals surface area contributed by atoms with Gasteiger partial charge in [-0.3, -0.25) is 10.1 Å². The van der Waals surface area contributed by atoms with Crippen molar-refractivity contribution >= 4 is 5.69 Å². The summed E-state index contributed by atoms with van der Waals surface area (Å²) in [6.07, 6.45) is 3.64. The van der Waals surface area contributed by atoms with Crippen LogP contribution < -0.4 is 5.32 Å². The van der Waals surface area contributed by atoms with Crippen LogP contribution in [0.2, 0.25) is 0 Å². The van der Waals surface area contributed by atoms with E-state index < -0.39 is 0 Å². The monoisotopic (exact) mass is 274 g/mol. The van der Waals surface area contributed by atoms with Crippen molar-refractivity contribution in [1.29, 1.82) is 0 Å². The Morgan fingerprint density at radius 2 is 2.25 bits per heavy atom. The number of hydrogen-bond acceptors (Lipinski definition) is 4. The van der Waals surface area contributed by atoms with Crippen molar-refractivity contribution in [3.05, 3.63) is 57.7 Å². The summed E-state index contributed by atoms with van der Waals surface area (Å²) in [5.41, 5.74) is 1.81. The van der Waals surface area contributed by atoms with Gasteiger partial charge in [0, 0.05) is 30.6 Å². The summed E-state index contributed by atoms with van der Waals surface area (Å²) in [4.78, 5) is 14.9. The van der Waals surface area contributed by atoms with Gasteiger partial charge in [0.25, 0.3) is 5.69 Å². The van der Waals surface area contributed by atoms with Crippen molar-refractivity contribution in [2.45, 2.75) is 26.9 Å². The van der Waals surface area contributed by atoms with E-state index in [9.17, 15) is 10.1 Å². The standard InChI is InChI=1S/C14H18N4O2/c1-3-15-9-14-16-7-8-17(14)10-12-5-4-6-13(11(12)2)18(19)20/h4-8,15H,3,9-10H2,1-2H3. The minimum atomic E-state index is -0.341. The van der Waals surface area contributed by atoms with Crippen LogP contribution in [0.5, 0.6) is 0 Å². The summed E-state index contributed by atoms with van der Waals surface area (Å²) in [5, 5.41) is 14.2. The van der Waals surface area contributed by atoms with Gasteiger partial charge in [-0.05, 0) is 19.0 Å². The zero-order valence-electron chi connectivity index (χ0n) is 11.7. The molecule has 0 aliphatic heterocycles. The Hall–Kier alpha value is -2.21. The maximum absolute atomic E-state index is 11.0. The van der Waals surface area contributed by atoms with Gasteiger partial charge in [0.2, 0.25) is 0 Å². The van der Waals surface area contributed by atoms with Crippen LogP contribution in [-0.4, -0.2) is 21.0 Å². The fourth-order valence-corrected chi connectivity index (χ4v) is 2.11. The molecule has 0 spiro atoms. The molecule has 0 bridgehead atoms. The first-order valence-electron chi connectivity index (χ1n) is 6.57. The summed E-state index contributed by atoms with van der Waals surface area (Å²) < 4.78 is 2.01. The second kappa shape index (κ2) is 6.29. The van der Waals surface area contributed by atoms with Gasteiger partial charge in [0.1, 0.15) is 5.82 Å². The highest BCUT2D eigenvalue weighted by Gasteiger charge is 2.14. The molecule has 6 nitrogen and oxygen atoms in total. The van der Waals surface area contributed by atoms with Crippen LogP contribution in [0.1, 0.15) is 23.9 Å². The molecule has 1 heterocycles. The Kier molecular flexibility index (Phi) is 4.47. The molecule has 106 valence electrons. The van der Waals surface area contributed by atoms with E-state index in [0.717, 1.165) is 17.9 Å². The molecular weight excluding hydrogens is 256 g/mol. The molecule has 0 saturated heterocycles. The fraction of sp³-hybridized carbons (Fsp3) is 0.357. The van der Waals surface area contributed by atoms with Crippen molar-refractivity contribution in [3.63, 3.8) is 0 Å². The molecule has 0 aliphatic carbocycles. The molecule has 1 aromatic carbocycles. The third-order valence-corrected chi connectivity index (χ3v) is 3.29. The molecule has 20 heavy (non-hydrogen) atoms. The van der Waals surface area contributed by atoms with E-state index in [-0.39, 0.29) is 10.6 Å². The van der Waals surface area contributed by atoms with Crippen LogP contribution in [0.3, 0.4) is 0 Å². The van der Waals surface area contributed by atoms with Crippen LogP contribution in [0.25, 0.3) is 0 Å². The second-order valence-electron chi connectivity index (χ2n) is 4.57. The quantitative estimate of drug-likeness (QED) is 0.647. The molecule has 0 atom stereocenters. The second-order valence-corrected chi connectivity index (χ2v) is 4.57. The minimum absolute atomic E-state index is 0.163. The molecule has 6 heteroatoms. The van der Waals surface area contributed by atoms with E-state index >= 15 is 0 Å². The molecule has 0 unspecified atom stereocenters. The molecule has 1 aromatic heterocycles. The van der Waals surface area contributed by atoms with E-state index in [2.05, 4.69) is 10.3 Å². The molecule has 2 rings (SSSR count). The van der Waals surface area contributed by atoms with Gasteiger partial charge < -0.3 is 9.88 Å².